The van der Waals surface area contributed by atoms with E-state index in [1.54, 1.807) is 0 Å². The average Bonchev–Trinajstić information content (AvgIpc) is 2.88. The summed E-state index contributed by atoms with van der Waals surface area (Å²) in [6.07, 6.45) is 6.85. The minimum absolute atomic E-state index is 0.393. The highest BCUT2D eigenvalue weighted by Gasteiger charge is 2.40. The molecule has 1 aliphatic carbocycles. The highest BCUT2D eigenvalue weighted by Crippen LogP contribution is 2.40. The first kappa shape index (κ1) is 11.4. The summed E-state index contributed by atoms with van der Waals surface area (Å²) in [5, 5.41) is 0. The Morgan fingerprint density at radius 2 is 2.00 bits per heavy atom. The van der Waals surface area contributed by atoms with E-state index < -0.39 is 0 Å². The summed E-state index contributed by atoms with van der Waals surface area (Å²) >= 11 is 0. The van der Waals surface area contributed by atoms with E-state index in [0.717, 1.165) is 18.5 Å². The van der Waals surface area contributed by atoms with Gasteiger partial charge in [-0.05, 0) is 50.0 Å². The lowest BCUT2D eigenvalue weighted by Gasteiger charge is -2.38. The van der Waals surface area contributed by atoms with Gasteiger partial charge in [0.15, 0.2) is 0 Å². The number of nitrogens with zero attached hydrogens (tertiary/aromatic N) is 1. The van der Waals surface area contributed by atoms with Gasteiger partial charge in [0, 0.05) is 19.1 Å². The van der Waals surface area contributed by atoms with E-state index in [9.17, 15) is 0 Å². The molecule has 1 heterocycles. The van der Waals surface area contributed by atoms with Crippen LogP contribution in [0.3, 0.4) is 0 Å². The number of likely N-dealkylation sites (tertiary alicyclic amines) is 1. The lowest BCUT2D eigenvalue weighted by atomic mass is 9.81. The van der Waals surface area contributed by atoms with Crippen LogP contribution in [-0.2, 0) is 0 Å². The van der Waals surface area contributed by atoms with Crippen molar-refractivity contribution in [3.05, 3.63) is 0 Å². The maximum absolute atomic E-state index is 5.98. The van der Waals surface area contributed by atoms with Crippen LogP contribution >= 0.6 is 0 Å². The standard InChI is InChI=1S/C13H26N2/c1-3-13(4-2,9-14)10-15-8-11-5-6-12(15)7-11/h11-12H,3-10,14H2,1-2H3. The summed E-state index contributed by atoms with van der Waals surface area (Å²) in [6.45, 7) is 8.05. The molecule has 0 aromatic rings. The van der Waals surface area contributed by atoms with Crippen molar-refractivity contribution in [3.8, 4) is 0 Å². The lowest BCUT2D eigenvalue weighted by Crippen LogP contribution is -2.45. The molecule has 0 aromatic carbocycles. The molecule has 2 rings (SSSR count). The van der Waals surface area contributed by atoms with Crippen molar-refractivity contribution >= 4 is 0 Å². The van der Waals surface area contributed by atoms with E-state index in [1.165, 1.54) is 45.2 Å². The van der Waals surface area contributed by atoms with Crippen molar-refractivity contribution in [2.75, 3.05) is 19.6 Å². The minimum atomic E-state index is 0.393. The molecular formula is C13H26N2. The number of hydrogen-bond donors (Lipinski definition) is 1. The molecule has 0 radical (unpaired) electrons. The molecule has 0 aromatic heterocycles. The summed E-state index contributed by atoms with van der Waals surface area (Å²) in [4.78, 5) is 2.73. The van der Waals surface area contributed by atoms with Crippen LogP contribution in [0.1, 0.15) is 46.0 Å². The van der Waals surface area contributed by atoms with Crippen molar-refractivity contribution in [1.29, 1.82) is 0 Å². The second-order valence-corrected chi connectivity index (χ2v) is 5.67. The van der Waals surface area contributed by atoms with Gasteiger partial charge in [-0.15, -0.1) is 0 Å². The van der Waals surface area contributed by atoms with Gasteiger partial charge < -0.3 is 5.73 Å². The first-order valence-corrected chi connectivity index (χ1v) is 6.67. The van der Waals surface area contributed by atoms with Crippen LogP contribution in [0.25, 0.3) is 0 Å². The molecule has 2 bridgehead atoms. The summed E-state index contributed by atoms with van der Waals surface area (Å²) < 4.78 is 0. The molecule has 2 aliphatic rings. The van der Waals surface area contributed by atoms with Crippen molar-refractivity contribution in [3.63, 3.8) is 0 Å². The number of nitrogens with two attached hydrogens (primary N) is 1. The molecule has 88 valence electrons. The largest absolute Gasteiger partial charge is 0.330 e. The van der Waals surface area contributed by atoms with E-state index in [2.05, 4.69) is 18.7 Å². The smallest absolute Gasteiger partial charge is 0.00988 e. The van der Waals surface area contributed by atoms with Crippen molar-refractivity contribution in [2.24, 2.45) is 17.1 Å². The quantitative estimate of drug-likeness (QED) is 0.754. The third kappa shape index (κ3) is 2.07. The van der Waals surface area contributed by atoms with Gasteiger partial charge in [-0.2, -0.15) is 0 Å². The molecule has 2 unspecified atom stereocenters. The predicted molar refractivity (Wildman–Crippen MR) is 64.8 cm³/mol. The molecule has 2 nitrogen and oxygen atoms in total. The van der Waals surface area contributed by atoms with Crippen LogP contribution < -0.4 is 5.73 Å². The highest BCUT2D eigenvalue weighted by molar-refractivity contribution is 4.95. The van der Waals surface area contributed by atoms with Crippen LogP contribution in [0.2, 0.25) is 0 Å². The van der Waals surface area contributed by atoms with Gasteiger partial charge in [0.1, 0.15) is 0 Å². The Bertz CT molecular complexity index is 202. The number of fused-ring (bicyclic) bond motifs is 2. The molecule has 15 heavy (non-hydrogen) atoms. The van der Waals surface area contributed by atoms with Crippen LogP contribution in [0.4, 0.5) is 0 Å². The topological polar surface area (TPSA) is 29.3 Å². The van der Waals surface area contributed by atoms with Crippen molar-refractivity contribution in [1.82, 2.24) is 4.90 Å². The van der Waals surface area contributed by atoms with E-state index >= 15 is 0 Å². The van der Waals surface area contributed by atoms with Gasteiger partial charge in [-0.25, -0.2) is 0 Å². The summed E-state index contributed by atoms with van der Waals surface area (Å²) in [6, 6.07) is 0.902. The average molecular weight is 210 g/mol. The Kier molecular flexibility index (Phi) is 3.36. The number of rotatable bonds is 5. The zero-order valence-electron chi connectivity index (χ0n) is 10.3. The Labute approximate surface area is 94.2 Å². The molecule has 2 atom stereocenters. The zero-order valence-corrected chi connectivity index (χ0v) is 10.3. The fourth-order valence-corrected chi connectivity index (χ4v) is 3.48. The molecule has 0 spiro atoms. The molecule has 2 heteroatoms. The van der Waals surface area contributed by atoms with E-state index in [4.69, 9.17) is 5.73 Å². The minimum Gasteiger partial charge on any atom is -0.330 e. The van der Waals surface area contributed by atoms with Crippen LogP contribution in [0.5, 0.6) is 0 Å². The maximum atomic E-state index is 5.98. The monoisotopic (exact) mass is 210 g/mol. The molecule has 1 aliphatic heterocycles. The van der Waals surface area contributed by atoms with Gasteiger partial charge >= 0.3 is 0 Å². The molecule has 2 fully saturated rings. The maximum Gasteiger partial charge on any atom is 0.00988 e. The Morgan fingerprint density at radius 3 is 2.40 bits per heavy atom. The predicted octanol–water partition coefficient (Wildman–Crippen LogP) is 2.24. The third-order valence-corrected chi connectivity index (χ3v) is 4.99. The fraction of sp³-hybridized carbons (Fsp3) is 1.00. The van der Waals surface area contributed by atoms with Crippen LogP contribution in [0, 0.1) is 11.3 Å². The SMILES string of the molecule is CCC(CC)(CN)CN1CC2CCC1C2. The Balaban J connectivity index is 1.95. The Morgan fingerprint density at radius 1 is 1.27 bits per heavy atom. The first-order valence-electron chi connectivity index (χ1n) is 6.67. The van der Waals surface area contributed by atoms with Crippen molar-refractivity contribution in [2.45, 2.75) is 52.0 Å². The van der Waals surface area contributed by atoms with E-state index in [1.807, 2.05) is 0 Å². The van der Waals surface area contributed by atoms with E-state index in [-0.39, 0.29) is 0 Å². The fourth-order valence-electron chi connectivity index (χ4n) is 3.48. The summed E-state index contributed by atoms with van der Waals surface area (Å²) in [5.74, 6) is 1.01. The van der Waals surface area contributed by atoms with Crippen LogP contribution in [-0.4, -0.2) is 30.6 Å². The third-order valence-electron chi connectivity index (χ3n) is 4.99. The van der Waals surface area contributed by atoms with Gasteiger partial charge in [-0.1, -0.05) is 13.8 Å². The molecular weight excluding hydrogens is 184 g/mol. The van der Waals surface area contributed by atoms with Gasteiger partial charge in [0.25, 0.3) is 0 Å². The zero-order chi connectivity index (χ0) is 10.9. The highest BCUT2D eigenvalue weighted by atomic mass is 15.2. The molecule has 0 amide bonds. The second-order valence-electron chi connectivity index (χ2n) is 5.67. The first-order chi connectivity index (χ1) is 7.23. The Hall–Kier alpha value is -0.0800. The van der Waals surface area contributed by atoms with Crippen molar-refractivity contribution < 1.29 is 0 Å². The number of piperidine rings is 1. The molecule has 1 saturated heterocycles. The van der Waals surface area contributed by atoms with Crippen LogP contribution in [0.15, 0.2) is 0 Å². The lowest BCUT2D eigenvalue weighted by molar-refractivity contribution is 0.115. The van der Waals surface area contributed by atoms with Gasteiger partial charge in [0.05, 0.1) is 0 Å². The second kappa shape index (κ2) is 4.42. The molecule has 2 N–H and O–H groups in total. The summed E-state index contributed by atoms with van der Waals surface area (Å²) in [5.41, 5.74) is 6.37. The summed E-state index contributed by atoms with van der Waals surface area (Å²) in [7, 11) is 0. The van der Waals surface area contributed by atoms with Gasteiger partial charge in [-0.3, -0.25) is 4.90 Å². The molecule has 1 saturated carbocycles. The van der Waals surface area contributed by atoms with Gasteiger partial charge in [0.2, 0.25) is 0 Å². The normalized spacial score (nSPS) is 31.4. The number of hydrogen-bond acceptors (Lipinski definition) is 2. The van der Waals surface area contributed by atoms with E-state index in [0.29, 0.717) is 5.41 Å².